The molecule has 0 aromatic heterocycles. The number of carbonyl (C=O) groups is 1. The Balaban J connectivity index is 4.64. The van der Waals surface area contributed by atoms with Crippen LogP contribution in [-0.2, 0) is 9.22 Å². The lowest BCUT2D eigenvalue weighted by Crippen LogP contribution is -2.44. The molecule has 0 saturated carbocycles. The molecule has 0 aliphatic rings. The molecule has 1 N–H and O–H groups in total. The number of hydrogen-bond donors (Lipinski definition) is 1. The Morgan fingerprint density at radius 1 is 1.35 bits per heavy atom. The number of allylic oxidation sites excluding steroid dienone is 1. The van der Waals surface area contributed by atoms with Crippen molar-refractivity contribution in [3.05, 3.63) is 12.7 Å². The van der Waals surface area contributed by atoms with E-state index in [1.54, 1.807) is 0 Å². The number of rotatable bonds is 9. The predicted octanol–water partition coefficient (Wildman–Crippen LogP) is 4.84. The van der Waals surface area contributed by atoms with Gasteiger partial charge in [-0.2, -0.15) is 0 Å². The zero-order valence-corrected chi connectivity index (χ0v) is 15.0. The average molecular weight is 301 g/mol. The van der Waals surface area contributed by atoms with Gasteiger partial charge in [-0.1, -0.05) is 33.8 Å². The van der Waals surface area contributed by atoms with E-state index >= 15 is 0 Å². The molecule has 0 bridgehead atoms. The summed E-state index contributed by atoms with van der Waals surface area (Å²) in [5.41, 5.74) is 0. The van der Waals surface area contributed by atoms with Gasteiger partial charge in [-0.3, -0.25) is 4.79 Å². The highest BCUT2D eigenvalue weighted by atomic mass is 28.4. The highest BCUT2D eigenvalue weighted by molar-refractivity contribution is 6.74. The van der Waals surface area contributed by atoms with Gasteiger partial charge in [0.25, 0.3) is 0 Å². The molecule has 0 fully saturated rings. The van der Waals surface area contributed by atoms with E-state index in [4.69, 9.17) is 9.53 Å². The molecule has 0 aliphatic heterocycles. The van der Waals surface area contributed by atoms with E-state index in [1.165, 1.54) is 0 Å². The molecule has 20 heavy (non-hydrogen) atoms. The summed E-state index contributed by atoms with van der Waals surface area (Å²) >= 11 is 0. The second-order valence-electron chi connectivity index (χ2n) is 7.30. The van der Waals surface area contributed by atoms with Crippen LogP contribution in [0.5, 0.6) is 0 Å². The average Bonchev–Trinajstić information content (AvgIpc) is 2.23. The van der Waals surface area contributed by atoms with Crippen molar-refractivity contribution in [1.29, 1.82) is 0 Å². The van der Waals surface area contributed by atoms with Crippen molar-refractivity contribution in [3.8, 4) is 0 Å². The van der Waals surface area contributed by atoms with E-state index in [1.807, 2.05) is 6.08 Å². The first-order valence-corrected chi connectivity index (χ1v) is 10.4. The van der Waals surface area contributed by atoms with Gasteiger partial charge in [0.2, 0.25) is 0 Å². The van der Waals surface area contributed by atoms with Crippen molar-refractivity contribution in [1.82, 2.24) is 0 Å². The lowest BCUT2D eigenvalue weighted by atomic mass is 9.99. The molecular formula is C16H32O3Si. The summed E-state index contributed by atoms with van der Waals surface area (Å²) in [5, 5.41) is 9.18. The van der Waals surface area contributed by atoms with E-state index in [0.717, 1.165) is 19.3 Å². The largest absolute Gasteiger partial charge is 0.481 e. The van der Waals surface area contributed by atoms with E-state index in [2.05, 4.69) is 47.4 Å². The molecule has 0 aromatic rings. The zero-order chi connectivity index (χ0) is 16.0. The fraction of sp³-hybridized carbons (Fsp3) is 0.812. The van der Waals surface area contributed by atoms with Gasteiger partial charge in [-0.05, 0) is 43.3 Å². The molecule has 0 amide bonds. The highest BCUT2D eigenvalue weighted by Crippen LogP contribution is 2.38. The maximum absolute atomic E-state index is 11.0. The Morgan fingerprint density at radius 3 is 2.30 bits per heavy atom. The maximum atomic E-state index is 11.0. The second kappa shape index (κ2) is 7.98. The summed E-state index contributed by atoms with van der Waals surface area (Å²) in [6.45, 7) is 16.8. The van der Waals surface area contributed by atoms with Crippen LogP contribution in [0.25, 0.3) is 0 Å². The predicted molar refractivity (Wildman–Crippen MR) is 87.5 cm³/mol. The fourth-order valence-corrected chi connectivity index (χ4v) is 3.25. The second-order valence-corrected chi connectivity index (χ2v) is 12.1. The lowest BCUT2D eigenvalue weighted by Gasteiger charge is -2.39. The first-order chi connectivity index (χ1) is 8.99. The molecule has 118 valence electrons. The van der Waals surface area contributed by atoms with Crippen LogP contribution in [0.3, 0.4) is 0 Å². The number of carboxylic acid groups (broad SMARTS) is 1. The van der Waals surface area contributed by atoms with Crippen LogP contribution in [0, 0.1) is 5.92 Å². The Bertz CT molecular complexity index is 318. The Kier molecular flexibility index (Phi) is 7.74. The molecule has 0 aliphatic carbocycles. The van der Waals surface area contributed by atoms with Gasteiger partial charge in [0.05, 0.1) is 12.5 Å². The van der Waals surface area contributed by atoms with Crippen LogP contribution in [0.1, 0.15) is 53.4 Å². The minimum atomic E-state index is -1.91. The van der Waals surface area contributed by atoms with Crippen LogP contribution in [-0.4, -0.2) is 25.5 Å². The normalized spacial score (nSPS) is 15.7. The first kappa shape index (κ1) is 19.4. The minimum Gasteiger partial charge on any atom is -0.481 e. The van der Waals surface area contributed by atoms with E-state index in [0.29, 0.717) is 5.92 Å². The Labute approximate surface area is 125 Å². The van der Waals surface area contributed by atoms with Crippen LogP contribution in [0.2, 0.25) is 18.1 Å². The molecule has 0 unspecified atom stereocenters. The van der Waals surface area contributed by atoms with Crippen molar-refractivity contribution in [2.45, 2.75) is 77.6 Å². The SMILES string of the molecule is C=CC[C@@H](C)CC[C@H](CC(=O)O)O[Si](C)(C)C(C)(C)C. The molecular weight excluding hydrogens is 268 g/mol. The quantitative estimate of drug-likeness (QED) is 0.489. The monoisotopic (exact) mass is 300 g/mol. The smallest absolute Gasteiger partial charge is 0.305 e. The molecule has 4 heteroatoms. The zero-order valence-electron chi connectivity index (χ0n) is 14.0. The van der Waals surface area contributed by atoms with Gasteiger partial charge < -0.3 is 9.53 Å². The summed E-state index contributed by atoms with van der Waals surface area (Å²) in [6.07, 6.45) is 4.63. The number of aliphatic carboxylic acids is 1. The number of carboxylic acids is 1. The standard InChI is InChI=1S/C16H32O3Si/c1-8-9-13(2)10-11-14(12-15(17)18)19-20(6,7)16(3,4)5/h8,13-14H,1,9-12H2,2-7H3,(H,17,18)/t13-,14-/m1/s1. The van der Waals surface area contributed by atoms with E-state index < -0.39 is 14.3 Å². The Morgan fingerprint density at radius 2 is 1.90 bits per heavy atom. The molecule has 2 atom stereocenters. The lowest BCUT2D eigenvalue weighted by molar-refractivity contribution is -0.139. The topological polar surface area (TPSA) is 46.5 Å². The van der Waals surface area contributed by atoms with E-state index in [9.17, 15) is 4.79 Å². The van der Waals surface area contributed by atoms with Crippen molar-refractivity contribution >= 4 is 14.3 Å². The Hall–Kier alpha value is -0.613. The molecule has 0 saturated heterocycles. The van der Waals surface area contributed by atoms with Crippen molar-refractivity contribution in [3.63, 3.8) is 0 Å². The van der Waals surface area contributed by atoms with Crippen molar-refractivity contribution in [2.24, 2.45) is 5.92 Å². The molecule has 0 aromatic carbocycles. The van der Waals surface area contributed by atoms with Crippen LogP contribution < -0.4 is 0 Å². The molecule has 0 heterocycles. The fourth-order valence-electron chi connectivity index (χ4n) is 1.86. The van der Waals surface area contributed by atoms with Gasteiger partial charge in [-0.15, -0.1) is 6.58 Å². The summed E-state index contributed by atoms with van der Waals surface area (Å²) in [5.74, 6) is -0.239. The highest BCUT2D eigenvalue weighted by Gasteiger charge is 2.39. The minimum absolute atomic E-state index is 0.104. The van der Waals surface area contributed by atoms with Gasteiger partial charge in [0.1, 0.15) is 0 Å². The third-order valence-electron chi connectivity index (χ3n) is 4.22. The van der Waals surface area contributed by atoms with Gasteiger partial charge in [-0.25, -0.2) is 0 Å². The molecule has 0 radical (unpaired) electrons. The summed E-state index contributed by atoms with van der Waals surface area (Å²) in [4.78, 5) is 11.0. The first-order valence-electron chi connectivity index (χ1n) is 7.50. The maximum Gasteiger partial charge on any atom is 0.305 e. The van der Waals surface area contributed by atoms with Crippen LogP contribution in [0.4, 0.5) is 0 Å². The van der Waals surface area contributed by atoms with Gasteiger partial charge >= 0.3 is 5.97 Å². The number of hydrogen-bond acceptors (Lipinski definition) is 2. The third-order valence-corrected chi connectivity index (χ3v) is 8.76. The van der Waals surface area contributed by atoms with Crippen molar-refractivity contribution < 1.29 is 14.3 Å². The van der Waals surface area contributed by atoms with Crippen molar-refractivity contribution in [2.75, 3.05) is 0 Å². The van der Waals surface area contributed by atoms with Crippen LogP contribution in [0.15, 0.2) is 12.7 Å². The molecule has 3 nitrogen and oxygen atoms in total. The van der Waals surface area contributed by atoms with Crippen LogP contribution >= 0.6 is 0 Å². The third kappa shape index (κ3) is 7.24. The molecule has 0 rings (SSSR count). The summed E-state index contributed by atoms with van der Waals surface area (Å²) in [7, 11) is -1.91. The summed E-state index contributed by atoms with van der Waals surface area (Å²) < 4.78 is 6.27. The van der Waals surface area contributed by atoms with Gasteiger partial charge in [0.15, 0.2) is 8.32 Å². The van der Waals surface area contributed by atoms with Gasteiger partial charge in [0, 0.05) is 0 Å². The molecule has 0 spiro atoms. The van der Waals surface area contributed by atoms with E-state index in [-0.39, 0.29) is 17.6 Å². The summed E-state index contributed by atoms with van der Waals surface area (Å²) in [6, 6.07) is 0.